The fourth-order valence-corrected chi connectivity index (χ4v) is 1.95. The van der Waals surface area contributed by atoms with Crippen molar-refractivity contribution in [1.82, 2.24) is 0 Å². The predicted octanol–water partition coefficient (Wildman–Crippen LogP) is 0.271. The van der Waals surface area contributed by atoms with Gasteiger partial charge >= 0.3 is 0 Å². The summed E-state index contributed by atoms with van der Waals surface area (Å²) in [5.41, 5.74) is 4.90. The van der Waals surface area contributed by atoms with Crippen LogP contribution in [0.2, 0.25) is 0 Å². The molecule has 1 atom stereocenters. The van der Waals surface area contributed by atoms with Crippen molar-refractivity contribution in [2.75, 3.05) is 7.11 Å². The van der Waals surface area contributed by atoms with Crippen molar-refractivity contribution in [3.8, 4) is 5.75 Å². The first-order valence-electron chi connectivity index (χ1n) is 4.91. The second kappa shape index (κ2) is 5.86. The maximum absolute atomic E-state index is 10.3. The maximum atomic E-state index is 10.3. The Morgan fingerprint density at radius 3 is 2.81 bits per heavy atom. The number of carbonyl (C=O) groups is 1. The van der Waals surface area contributed by atoms with Crippen molar-refractivity contribution in [2.24, 2.45) is 0 Å². The summed E-state index contributed by atoms with van der Waals surface area (Å²) < 4.78 is 5.95. The van der Waals surface area contributed by atoms with Crippen LogP contribution in [0.5, 0.6) is 5.75 Å². The molecule has 0 saturated carbocycles. The lowest BCUT2D eigenvalue weighted by molar-refractivity contribution is -0.428. The standard InChI is InChI=1S/C11H14BrNO3/c1-16-10-4-2-7(6-8(10)12)9(13)3-5-11(14)15/h2,4,6,9H,3,5,13H2,1H3,(H,14,15)/t9-/m0/s1. The van der Waals surface area contributed by atoms with Gasteiger partial charge in [0, 0.05) is 18.0 Å². The Balaban J connectivity index is 2.72. The van der Waals surface area contributed by atoms with E-state index in [9.17, 15) is 9.90 Å². The maximum Gasteiger partial charge on any atom is 0.133 e. The van der Waals surface area contributed by atoms with E-state index in [4.69, 9.17) is 4.74 Å². The van der Waals surface area contributed by atoms with Crippen LogP contribution < -0.4 is 15.6 Å². The van der Waals surface area contributed by atoms with E-state index >= 15 is 0 Å². The molecule has 5 heteroatoms. The van der Waals surface area contributed by atoms with Crippen LogP contribution in [0, 0.1) is 0 Å². The third kappa shape index (κ3) is 3.50. The molecule has 0 aliphatic heterocycles. The Morgan fingerprint density at radius 2 is 2.31 bits per heavy atom. The number of carboxylic acid groups (broad SMARTS) is 1. The predicted molar refractivity (Wildman–Crippen MR) is 60.6 cm³/mol. The average molecular weight is 288 g/mol. The van der Waals surface area contributed by atoms with Gasteiger partial charge in [0.05, 0.1) is 11.6 Å². The smallest absolute Gasteiger partial charge is 0.133 e. The molecule has 0 aliphatic rings. The van der Waals surface area contributed by atoms with Crippen molar-refractivity contribution in [2.45, 2.75) is 18.9 Å². The second-order valence-corrected chi connectivity index (χ2v) is 4.36. The van der Waals surface area contributed by atoms with Crippen molar-refractivity contribution in [1.29, 1.82) is 0 Å². The fraction of sp³-hybridized carbons (Fsp3) is 0.364. The molecule has 1 aromatic rings. The molecule has 0 amide bonds. The molecular formula is C11H14BrNO3. The number of hydrogen-bond acceptors (Lipinski definition) is 3. The summed E-state index contributed by atoms with van der Waals surface area (Å²) in [7, 11) is 1.59. The third-order valence-electron chi connectivity index (χ3n) is 2.34. The van der Waals surface area contributed by atoms with Crippen LogP contribution in [-0.4, -0.2) is 13.1 Å². The van der Waals surface area contributed by atoms with Gasteiger partial charge < -0.3 is 20.4 Å². The molecule has 3 N–H and O–H groups in total. The van der Waals surface area contributed by atoms with Gasteiger partial charge in [0.25, 0.3) is 0 Å². The van der Waals surface area contributed by atoms with Crippen LogP contribution in [0.4, 0.5) is 0 Å². The van der Waals surface area contributed by atoms with Gasteiger partial charge in [0.1, 0.15) is 11.8 Å². The molecule has 0 bridgehead atoms. The minimum Gasteiger partial charge on any atom is -0.550 e. The largest absolute Gasteiger partial charge is 0.550 e. The summed E-state index contributed by atoms with van der Waals surface area (Å²) in [4.78, 5) is 10.3. The van der Waals surface area contributed by atoms with Crippen LogP contribution in [0.3, 0.4) is 0 Å². The van der Waals surface area contributed by atoms with E-state index in [0.29, 0.717) is 6.42 Å². The first kappa shape index (κ1) is 13.0. The highest BCUT2D eigenvalue weighted by atomic mass is 79.9. The molecule has 88 valence electrons. The summed E-state index contributed by atoms with van der Waals surface area (Å²) in [5.74, 6) is -0.294. The zero-order valence-electron chi connectivity index (χ0n) is 9.03. The SMILES string of the molecule is COc1ccc([C@@H]([NH3+])CCC(=O)[O-])cc1Br. The lowest BCUT2D eigenvalue weighted by Crippen LogP contribution is -2.53. The Labute approximate surface area is 103 Å². The first-order chi connectivity index (χ1) is 7.54. The molecular weight excluding hydrogens is 274 g/mol. The third-order valence-corrected chi connectivity index (χ3v) is 2.96. The molecule has 0 fully saturated rings. The minimum atomic E-state index is -1.04. The van der Waals surface area contributed by atoms with Gasteiger partial charge in [-0.05, 0) is 40.5 Å². The fourth-order valence-electron chi connectivity index (χ4n) is 1.40. The highest BCUT2D eigenvalue weighted by molar-refractivity contribution is 9.10. The van der Waals surface area contributed by atoms with Gasteiger partial charge in [-0.15, -0.1) is 0 Å². The number of hydrogen-bond donors (Lipinski definition) is 1. The first-order valence-corrected chi connectivity index (χ1v) is 5.70. The quantitative estimate of drug-likeness (QED) is 0.845. The molecule has 4 nitrogen and oxygen atoms in total. The van der Waals surface area contributed by atoms with Crippen LogP contribution in [0.25, 0.3) is 0 Å². The monoisotopic (exact) mass is 287 g/mol. The average Bonchev–Trinajstić information content (AvgIpc) is 2.25. The molecule has 0 heterocycles. The minimum absolute atomic E-state index is 0.0256. The van der Waals surface area contributed by atoms with Crippen molar-refractivity contribution in [3.05, 3.63) is 28.2 Å². The highest BCUT2D eigenvalue weighted by Crippen LogP contribution is 2.27. The molecule has 0 radical (unpaired) electrons. The topological polar surface area (TPSA) is 77.0 Å². The molecule has 0 saturated heterocycles. The zero-order valence-corrected chi connectivity index (χ0v) is 10.6. The molecule has 0 spiro atoms. The molecule has 1 aromatic carbocycles. The van der Waals surface area contributed by atoms with E-state index in [1.165, 1.54) is 0 Å². The van der Waals surface area contributed by atoms with Crippen molar-refractivity contribution >= 4 is 21.9 Å². The molecule has 0 aliphatic carbocycles. The number of ether oxygens (including phenoxy) is 1. The summed E-state index contributed by atoms with van der Waals surface area (Å²) in [6, 6.07) is 5.55. The summed E-state index contributed by atoms with van der Waals surface area (Å²) in [6.07, 6.45) is 0.499. The van der Waals surface area contributed by atoms with Crippen LogP contribution in [-0.2, 0) is 4.79 Å². The Hall–Kier alpha value is -1.07. The van der Waals surface area contributed by atoms with Gasteiger partial charge in [0.15, 0.2) is 0 Å². The normalized spacial score (nSPS) is 12.2. The Morgan fingerprint density at radius 1 is 1.62 bits per heavy atom. The van der Waals surface area contributed by atoms with E-state index in [1.807, 2.05) is 18.2 Å². The van der Waals surface area contributed by atoms with E-state index in [-0.39, 0.29) is 12.5 Å². The van der Waals surface area contributed by atoms with Crippen LogP contribution >= 0.6 is 15.9 Å². The molecule has 16 heavy (non-hydrogen) atoms. The van der Waals surface area contributed by atoms with Crippen LogP contribution in [0.1, 0.15) is 24.4 Å². The zero-order chi connectivity index (χ0) is 12.1. The van der Waals surface area contributed by atoms with Gasteiger partial charge in [0.2, 0.25) is 0 Å². The van der Waals surface area contributed by atoms with E-state index in [1.54, 1.807) is 7.11 Å². The van der Waals surface area contributed by atoms with Gasteiger partial charge in [-0.1, -0.05) is 0 Å². The molecule has 0 aromatic heterocycles. The van der Waals surface area contributed by atoms with E-state index < -0.39 is 5.97 Å². The number of methoxy groups -OCH3 is 1. The number of carboxylic acids is 1. The van der Waals surface area contributed by atoms with Gasteiger partial charge in [-0.2, -0.15) is 0 Å². The van der Waals surface area contributed by atoms with Crippen molar-refractivity contribution in [3.63, 3.8) is 0 Å². The molecule has 1 rings (SSSR count). The number of rotatable bonds is 5. The molecule has 0 unspecified atom stereocenters. The van der Waals surface area contributed by atoms with Gasteiger partial charge in [-0.3, -0.25) is 0 Å². The number of aliphatic carboxylic acids is 1. The van der Waals surface area contributed by atoms with E-state index in [0.717, 1.165) is 15.8 Å². The Bertz CT molecular complexity index is 381. The number of halogens is 1. The number of carbonyl (C=O) groups excluding carboxylic acids is 1. The summed E-state index contributed by atoms with van der Waals surface area (Å²) in [5, 5.41) is 10.3. The summed E-state index contributed by atoms with van der Waals surface area (Å²) in [6.45, 7) is 0. The lowest BCUT2D eigenvalue weighted by atomic mass is 10.0. The summed E-state index contributed by atoms with van der Waals surface area (Å²) >= 11 is 3.37. The highest BCUT2D eigenvalue weighted by Gasteiger charge is 2.11. The Kier molecular flexibility index (Phi) is 4.76. The van der Waals surface area contributed by atoms with Crippen molar-refractivity contribution < 1.29 is 20.4 Å². The lowest BCUT2D eigenvalue weighted by Gasteiger charge is -2.11. The second-order valence-electron chi connectivity index (χ2n) is 3.50. The van der Waals surface area contributed by atoms with E-state index in [2.05, 4.69) is 21.7 Å². The number of quaternary nitrogens is 1. The van der Waals surface area contributed by atoms with Gasteiger partial charge in [-0.25, -0.2) is 0 Å². The van der Waals surface area contributed by atoms with Crippen LogP contribution in [0.15, 0.2) is 22.7 Å². The number of benzene rings is 1.